The van der Waals surface area contributed by atoms with E-state index in [2.05, 4.69) is 19.2 Å². The molecular formula is C12H17NO2. The largest absolute Gasteiger partial charge is 0.486 e. The summed E-state index contributed by atoms with van der Waals surface area (Å²) in [6.07, 6.45) is 1.09. The second-order valence-corrected chi connectivity index (χ2v) is 3.78. The zero-order chi connectivity index (χ0) is 10.7. The van der Waals surface area contributed by atoms with Crippen LogP contribution in [0.3, 0.4) is 0 Å². The van der Waals surface area contributed by atoms with E-state index in [-0.39, 0.29) is 0 Å². The predicted octanol–water partition coefficient (Wildman–Crippen LogP) is 2.67. The van der Waals surface area contributed by atoms with E-state index in [1.807, 2.05) is 18.2 Å². The van der Waals surface area contributed by atoms with Gasteiger partial charge in [0.1, 0.15) is 13.2 Å². The fourth-order valence-electron chi connectivity index (χ4n) is 1.55. The Labute approximate surface area is 90.4 Å². The van der Waals surface area contributed by atoms with Crippen molar-refractivity contribution < 1.29 is 9.47 Å². The Bertz CT molecular complexity index is 338. The molecule has 15 heavy (non-hydrogen) atoms. The van der Waals surface area contributed by atoms with Crippen molar-refractivity contribution in [2.75, 3.05) is 18.5 Å². The first kappa shape index (κ1) is 10.1. The van der Waals surface area contributed by atoms with Crippen molar-refractivity contribution in [3.63, 3.8) is 0 Å². The van der Waals surface area contributed by atoms with Gasteiger partial charge in [-0.2, -0.15) is 0 Å². The highest BCUT2D eigenvalue weighted by atomic mass is 16.6. The van der Waals surface area contributed by atoms with Crippen molar-refractivity contribution in [3.8, 4) is 11.5 Å². The molecule has 1 aromatic carbocycles. The third-order valence-electron chi connectivity index (χ3n) is 2.58. The number of fused-ring (bicyclic) bond motifs is 1. The number of para-hydroxylation sites is 1. The Morgan fingerprint density at radius 1 is 1.33 bits per heavy atom. The molecule has 1 aromatic rings. The average Bonchev–Trinajstić information content (AvgIpc) is 2.29. The van der Waals surface area contributed by atoms with Crippen LogP contribution in [0.25, 0.3) is 0 Å². The molecule has 0 aromatic heterocycles. The van der Waals surface area contributed by atoms with E-state index in [9.17, 15) is 0 Å². The van der Waals surface area contributed by atoms with Crippen LogP contribution in [-0.2, 0) is 0 Å². The molecule has 3 heteroatoms. The lowest BCUT2D eigenvalue weighted by Crippen LogP contribution is -2.19. The van der Waals surface area contributed by atoms with Crippen LogP contribution in [0.5, 0.6) is 11.5 Å². The first-order chi connectivity index (χ1) is 7.31. The summed E-state index contributed by atoms with van der Waals surface area (Å²) in [5.74, 6) is 1.69. The number of hydrogen-bond donors (Lipinski definition) is 1. The van der Waals surface area contributed by atoms with Gasteiger partial charge in [-0.25, -0.2) is 0 Å². The Morgan fingerprint density at radius 3 is 2.93 bits per heavy atom. The van der Waals surface area contributed by atoms with Crippen LogP contribution >= 0.6 is 0 Å². The van der Waals surface area contributed by atoms with E-state index in [1.54, 1.807) is 0 Å². The van der Waals surface area contributed by atoms with Gasteiger partial charge in [0.05, 0.1) is 5.69 Å². The Balaban J connectivity index is 2.23. The fraction of sp³-hybridized carbons (Fsp3) is 0.500. The molecule has 2 rings (SSSR count). The molecular weight excluding hydrogens is 190 g/mol. The number of ether oxygens (including phenoxy) is 2. The van der Waals surface area contributed by atoms with Crippen LogP contribution in [0.15, 0.2) is 18.2 Å². The van der Waals surface area contributed by atoms with Crippen LogP contribution in [0.4, 0.5) is 5.69 Å². The van der Waals surface area contributed by atoms with Gasteiger partial charge in [0.15, 0.2) is 11.5 Å². The average molecular weight is 207 g/mol. The van der Waals surface area contributed by atoms with Gasteiger partial charge in [-0.05, 0) is 25.5 Å². The van der Waals surface area contributed by atoms with Gasteiger partial charge in [-0.1, -0.05) is 13.0 Å². The molecule has 1 atom stereocenters. The lowest BCUT2D eigenvalue weighted by molar-refractivity contribution is 0.172. The van der Waals surface area contributed by atoms with E-state index < -0.39 is 0 Å². The normalized spacial score (nSPS) is 15.9. The van der Waals surface area contributed by atoms with E-state index in [0.717, 1.165) is 23.6 Å². The molecule has 0 aliphatic carbocycles. The quantitative estimate of drug-likeness (QED) is 0.826. The van der Waals surface area contributed by atoms with Crippen molar-refractivity contribution in [3.05, 3.63) is 18.2 Å². The SMILES string of the molecule is CCC(C)Nc1cccc2c1OCCO2. The Morgan fingerprint density at radius 2 is 2.13 bits per heavy atom. The molecule has 1 N–H and O–H groups in total. The number of rotatable bonds is 3. The zero-order valence-corrected chi connectivity index (χ0v) is 9.25. The maximum atomic E-state index is 5.61. The standard InChI is InChI=1S/C12H17NO2/c1-3-9(2)13-10-5-4-6-11-12(10)15-8-7-14-11/h4-6,9,13H,3,7-8H2,1-2H3. The van der Waals surface area contributed by atoms with Crippen molar-refractivity contribution >= 4 is 5.69 Å². The number of benzene rings is 1. The molecule has 1 aliphatic heterocycles. The lowest BCUT2D eigenvalue weighted by Gasteiger charge is -2.23. The van der Waals surface area contributed by atoms with Gasteiger partial charge in [0.25, 0.3) is 0 Å². The van der Waals surface area contributed by atoms with Gasteiger partial charge in [0.2, 0.25) is 0 Å². The fourth-order valence-corrected chi connectivity index (χ4v) is 1.55. The summed E-state index contributed by atoms with van der Waals surface area (Å²) in [6.45, 7) is 5.58. The van der Waals surface area contributed by atoms with Gasteiger partial charge in [-0.3, -0.25) is 0 Å². The molecule has 0 saturated heterocycles. The number of hydrogen-bond acceptors (Lipinski definition) is 3. The minimum atomic E-state index is 0.446. The molecule has 3 nitrogen and oxygen atoms in total. The monoisotopic (exact) mass is 207 g/mol. The van der Waals surface area contributed by atoms with Crippen molar-refractivity contribution in [1.82, 2.24) is 0 Å². The van der Waals surface area contributed by atoms with Gasteiger partial charge in [0, 0.05) is 6.04 Å². The van der Waals surface area contributed by atoms with Crippen LogP contribution < -0.4 is 14.8 Å². The molecule has 0 radical (unpaired) electrons. The summed E-state index contributed by atoms with van der Waals surface area (Å²) in [7, 11) is 0. The van der Waals surface area contributed by atoms with E-state index in [1.165, 1.54) is 0 Å². The molecule has 0 spiro atoms. The van der Waals surface area contributed by atoms with Crippen molar-refractivity contribution in [2.24, 2.45) is 0 Å². The number of anilines is 1. The van der Waals surface area contributed by atoms with Crippen LogP contribution in [0.1, 0.15) is 20.3 Å². The van der Waals surface area contributed by atoms with Crippen molar-refractivity contribution in [2.45, 2.75) is 26.3 Å². The number of nitrogens with one attached hydrogen (secondary N) is 1. The van der Waals surface area contributed by atoms with Gasteiger partial charge < -0.3 is 14.8 Å². The second-order valence-electron chi connectivity index (χ2n) is 3.78. The third-order valence-corrected chi connectivity index (χ3v) is 2.58. The maximum Gasteiger partial charge on any atom is 0.184 e. The molecule has 82 valence electrons. The summed E-state index contributed by atoms with van der Waals surface area (Å²) in [4.78, 5) is 0. The lowest BCUT2D eigenvalue weighted by atomic mass is 10.2. The Hall–Kier alpha value is -1.38. The Kier molecular flexibility index (Phi) is 2.99. The minimum absolute atomic E-state index is 0.446. The molecule has 0 fully saturated rings. The van der Waals surface area contributed by atoms with E-state index in [4.69, 9.17) is 9.47 Å². The summed E-state index contributed by atoms with van der Waals surface area (Å²) < 4.78 is 11.1. The zero-order valence-electron chi connectivity index (χ0n) is 9.25. The predicted molar refractivity (Wildman–Crippen MR) is 60.8 cm³/mol. The minimum Gasteiger partial charge on any atom is -0.486 e. The highest BCUT2D eigenvalue weighted by molar-refractivity contribution is 5.63. The molecule has 0 bridgehead atoms. The maximum absolute atomic E-state index is 5.61. The first-order valence-electron chi connectivity index (χ1n) is 5.46. The highest BCUT2D eigenvalue weighted by Crippen LogP contribution is 2.37. The summed E-state index contributed by atoms with van der Waals surface area (Å²) >= 11 is 0. The molecule has 1 aliphatic rings. The first-order valence-corrected chi connectivity index (χ1v) is 5.46. The summed E-state index contributed by atoms with van der Waals surface area (Å²) in [6, 6.07) is 6.40. The second kappa shape index (κ2) is 4.43. The van der Waals surface area contributed by atoms with Crippen LogP contribution in [0, 0.1) is 0 Å². The topological polar surface area (TPSA) is 30.5 Å². The van der Waals surface area contributed by atoms with Gasteiger partial charge >= 0.3 is 0 Å². The summed E-state index contributed by atoms with van der Waals surface area (Å²) in [5.41, 5.74) is 1.03. The highest BCUT2D eigenvalue weighted by Gasteiger charge is 2.15. The molecule has 0 saturated carbocycles. The third kappa shape index (κ3) is 2.17. The van der Waals surface area contributed by atoms with E-state index in [0.29, 0.717) is 19.3 Å². The smallest absolute Gasteiger partial charge is 0.184 e. The summed E-state index contributed by atoms with van der Waals surface area (Å²) in [5, 5.41) is 3.41. The molecule has 0 amide bonds. The van der Waals surface area contributed by atoms with Crippen LogP contribution in [-0.4, -0.2) is 19.3 Å². The molecule has 1 unspecified atom stereocenters. The van der Waals surface area contributed by atoms with Gasteiger partial charge in [-0.15, -0.1) is 0 Å². The molecule has 1 heterocycles. The van der Waals surface area contributed by atoms with Crippen LogP contribution in [0.2, 0.25) is 0 Å². The van der Waals surface area contributed by atoms with Crippen molar-refractivity contribution in [1.29, 1.82) is 0 Å². The van der Waals surface area contributed by atoms with E-state index >= 15 is 0 Å².